The second kappa shape index (κ2) is 6.35. The molecule has 0 radical (unpaired) electrons. The molecule has 0 aliphatic rings. The highest BCUT2D eigenvalue weighted by molar-refractivity contribution is 5.93. The summed E-state index contributed by atoms with van der Waals surface area (Å²) in [5.74, 6) is 0.751. The largest absolute Gasteiger partial charge is 0.492 e. The molecule has 5 heteroatoms. The molecule has 2 aromatic rings. The highest BCUT2D eigenvalue weighted by Gasteiger charge is 2.15. The lowest BCUT2D eigenvalue weighted by Crippen LogP contribution is -2.32. The molecule has 1 aromatic carbocycles. The van der Waals surface area contributed by atoms with Gasteiger partial charge in [0, 0.05) is 20.3 Å². The van der Waals surface area contributed by atoms with Crippen molar-refractivity contribution < 1.29 is 9.53 Å². The minimum atomic E-state index is -0.0676. The van der Waals surface area contributed by atoms with Crippen LogP contribution < -0.4 is 10.5 Å². The quantitative estimate of drug-likeness (QED) is 0.915. The molecule has 2 N–H and O–H groups in total. The Bertz CT molecular complexity index is 634. The summed E-state index contributed by atoms with van der Waals surface area (Å²) in [5.41, 5.74) is 8.00. The number of amides is 1. The fourth-order valence-corrected chi connectivity index (χ4v) is 2.11. The molecule has 1 amide bonds. The lowest BCUT2D eigenvalue weighted by atomic mass is 10.2. The number of nitrogens with two attached hydrogens (primary N) is 1. The second-order valence-electron chi connectivity index (χ2n) is 5.16. The lowest BCUT2D eigenvalue weighted by molar-refractivity contribution is 0.0764. The standard InChI is InChI=1S/C16H21N3O2/c1-12-5-4-6-14(9-12)21-8-7-18(2)16(20)15-10-13(17)11-19(15)3/h4-6,9-11H,7-8,17H2,1-3H3. The number of carbonyl (C=O) groups is 1. The zero-order chi connectivity index (χ0) is 15.4. The van der Waals surface area contributed by atoms with Gasteiger partial charge in [0.2, 0.25) is 0 Å². The van der Waals surface area contributed by atoms with E-state index in [4.69, 9.17) is 10.5 Å². The molecule has 21 heavy (non-hydrogen) atoms. The number of nitrogens with zero attached hydrogens (tertiary/aromatic N) is 2. The maximum Gasteiger partial charge on any atom is 0.270 e. The normalized spacial score (nSPS) is 10.4. The average molecular weight is 287 g/mol. The molecule has 0 bridgehead atoms. The molecule has 0 aliphatic carbocycles. The molecule has 112 valence electrons. The monoisotopic (exact) mass is 287 g/mol. The third kappa shape index (κ3) is 3.78. The van der Waals surface area contributed by atoms with Crippen molar-refractivity contribution in [2.75, 3.05) is 25.9 Å². The SMILES string of the molecule is Cc1cccc(OCCN(C)C(=O)c2cc(N)cn2C)c1. The van der Waals surface area contributed by atoms with E-state index in [1.165, 1.54) is 0 Å². The zero-order valence-corrected chi connectivity index (χ0v) is 12.7. The first-order valence-electron chi connectivity index (χ1n) is 6.84. The van der Waals surface area contributed by atoms with Gasteiger partial charge in [0.25, 0.3) is 5.91 Å². The smallest absolute Gasteiger partial charge is 0.270 e. The van der Waals surface area contributed by atoms with Gasteiger partial charge in [-0.15, -0.1) is 0 Å². The maximum absolute atomic E-state index is 12.3. The molecule has 0 saturated heterocycles. The van der Waals surface area contributed by atoms with Crippen LogP contribution >= 0.6 is 0 Å². The summed E-state index contributed by atoms with van der Waals surface area (Å²) in [5, 5.41) is 0. The van der Waals surface area contributed by atoms with Crippen molar-refractivity contribution in [3.8, 4) is 5.75 Å². The van der Waals surface area contributed by atoms with Gasteiger partial charge < -0.3 is 19.9 Å². The number of aryl methyl sites for hydroxylation is 2. The third-order valence-corrected chi connectivity index (χ3v) is 3.28. The molecule has 5 nitrogen and oxygen atoms in total. The summed E-state index contributed by atoms with van der Waals surface area (Å²) in [6.07, 6.45) is 1.73. The predicted molar refractivity (Wildman–Crippen MR) is 83.5 cm³/mol. The van der Waals surface area contributed by atoms with E-state index in [9.17, 15) is 4.79 Å². The van der Waals surface area contributed by atoms with Crippen LogP contribution in [0, 0.1) is 6.92 Å². The first kappa shape index (κ1) is 15.0. The number of nitrogen functional groups attached to an aromatic ring is 1. The fourth-order valence-electron chi connectivity index (χ4n) is 2.11. The van der Waals surface area contributed by atoms with Crippen molar-refractivity contribution in [2.24, 2.45) is 7.05 Å². The highest BCUT2D eigenvalue weighted by Crippen LogP contribution is 2.13. The first-order chi connectivity index (χ1) is 9.97. The molecule has 2 rings (SSSR count). The van der Waals surface area contributed by atoms with Crippen molar-refractivity contribution in [3.05, 3.63) is 47.8 Å². The summed E-state index contributed by atoms with van der Waals surface area (Å²) in [6, 6.07) is 9.53. The molecule has 0 unspecified atom stereocenters. The van der Waals surface area contributed by atoms with Gasteiger partial charge in [0.15, 0.2) is 0 Å². The van der Waals surface area contributed by atoms with E-state index in [1.807, 2.05) is 31.2 Å². The van der Waals surface area contributed by atoms with Gasteiger partial charge >= 0.3 is 0 Å². The molecular formula is C16H21N3O2. The summed E-state index contributed by atoms with van der Waals surface area (Å²) in [7, 11) is 3.56. The van der Waals surface area contributed by atoms with Gasteiger partial charge in [-0.1, -0.05) is 12.1 Å². The van der Waals surface area contributed by atoms with Crippen LogP contribution in [-0.4, -0.2) is 35.6 Å². The van der Waals surface area contributed by atoms with E-state index < -0.39 is 0 Å². The van der Waals surface area contributed by atoms with Crippen molar-refractivity contribution >= 4 is 11.6 Å². The Morgan fingerprint density at radius 1 is 1.38 bits per heavy atom. The van der Waals surface area contributed by atoms with Gasteiger partial charge in [-0.3, -0.25) is 4.79 Å². The number of hydrogen-bond acceptors (Lipinski definition) is 3. The summed E-state index contributed by atoms with van der Waals surface area (Å²) in [6.45, 7) is 2.98. The minimum absolute atomic E-state index is 0.0676. The van der Waals surface area contributed by atoms with Crippen molar-refractivity contribution in [3.63, 3.8) is 0 Å². The highest BCUT2D eigenvalue weighted by atomic mass is 16.5. The van der Waals surface area contributed by atoms with Gasteiger partial charge in [-0.05, 0) is 30.7 Å². The van der Waals surface area contributed by atoms with Crippen LogP contribution in [0.5, 0.6) is 5.75 Å². The molecular weight excluding hydrogens is 266 g/mol. The molecule has 0 fully saturated rings. The Hall–Kier alpha value is -2.43. The Morgan fingerprint density at radius 3 is 2.76 bits per heavy atom. The van der Waals surface area contributed by atoms with Crippen LogP contribution in [0.15, 0.2) is 36.5 Å². The van der Waals surface area contributed by atoms with E-state index in [1.54, 1.807) is 35.8 Å². The number of likely N-dealkylation sites (N-methyl/N-ethyl adjacent to an activating group) is 1. The number of ether oxygens (including phenoxy) is 1. The molecule has 0 aliphatic heterocycles. The fraction of sp³-hybridized carbons (Fsp3) is 0.312. The number of rotatable bonds is 5. The minimum Gasteiger partial charge on any atom is -0.492 e. The Kier molecular flexibility index (Phi) is 4.52. The number of aromatic nitrogens is 1. The lowest BCUT2D eigenvalue weighted by Gasteiger charge is -2.17. The van der Waals surface area contributed by atoms with E-state index in [2.05, 4.69) is 0 Å². The first-order valence-corrected chi connectivity index (χ1v) is 6.84. The molecule has 0 saturated carbocycles. The third-order valence-electron chi connectivity index (χ3n) is 3.28. The van der Waals surface area contributed by atoms with Crippen LogP contribution in [0.4, 0.5) is 5.69 Å². The van der Waals surface area contributed by atoms with Crippen molar-refractivity contribution in [1.82, 2.24) is 9.47 Å². The Morgan fingerprint density at radius 2 is 2.14 bits per heavy atom. The van der Waals surface area contributed by atoms with Crippen molar-refractivity contribution in [1.29, 1.82) is 0 Å². The van der Waals surface area contributed by atoms with E-state index in [0.717, 1.165) is 11.3 Å². The van der Waals surface area contributed by atoms with Crippen LogP contribution in [0.25, 0.3) is 0 Å². The molecule has 1 heterocycles. The molecule has 1 aromatic heterocycles. The van der Waals surface area contributed by atoms with E-state index in [-0.39, 0.29) is 5.91 Å². The summed E-state index contributed by atoms with van der Waals surface area (Å²) < 4.78 is 7.39. The summed E-state index contributed by atoms with van der Waals surface area (Å²) >= 11 is 0. The van der Waals surface area contributed by atoms with Gasteiger partial charge in [0.1, 0.15) is 18.1 Å². The summed E-state index contributed by atoms with van der Waals surface area (Å²) in [4.78, 5) is 13.9. The van der Waals surface area contributed by atoms with Gasteiger partial charge in [-0.25, -0.2) is 0 Å². The van der Waals surface area contributed by atoms with Gasteiger partial charge in [-0.2, -0.15) is 0 Å². The van der Waals surface area contributed by atoms with E-state index >= 15 is 0 Å². The topological polar surface area (TPSA) is 60.5 Å². The predicted octanol–water partition coefficient (Wildman–Crippen LogP) is 2.07. The second-order valence-corrected chi connectivity index (χ2v) is 5.16. The van der Waals surface area contributed by atoms with Crippen LogP contribution in [0.1, 0.15) is 16.1 Å². The number of carbonyl (C=O) groups excluding carboxylic acids is 1. The Labute approximate surface area is 124 Å². The zero-order valence-electron chi connectivity index (χ0n) is 12.7. The Balaban J connectivity index is 1.88. The van der Waals surface area contributed by atoms with Crippen LogP contribution in [0.3, 0.4) is 0 Å². The number of anilines is 1. The average Bonchev–Trinajstić information content (AvgIpc) is 2.77. The van der Waals surface area contributed by atoms with Crippen LogP contribution in [0.2, 0.25) is 0 Å². The van der Waals surface area contributed by atoms with Gasteiger partial charge in [0.05, 0.1) is 12.2 Å². The number of benzene rings is 1. The van der Waals surface area contributed by atoms with Crippen molar-refractivity contribution in [2.45, 2.75) is 6.92 Å². The van der Waals surface area contributed by atoms with E-state index in [0.29, 0.717) is 24.5 Å². The molecule has 0 spiro atoms. The molecule has 0 atom stereocenters. The van der Waals surface area contributed by atoms with Crippen LogP contribution in [-0.2, 0) is 7.05 Å². The number of hydrogen-bond donors (Lipinski definition) is 1. The maximum atomic E-state index is 12.3.